The summed E-state index contributed by atoms with van der Waals surface area (Å²) in [4.78, 5) is 2.51. The van der Waals surface area contributed by atoms with Gasteiger partial charge in [0.1, 0.15) is 0 Å². The molecule has 0 bridgehead atoms. The number of ether oxygens (including phenoxy) is 1. The molecule has 3 rings (SSSR count). The highest BCUT2D eigenvalue weighted by Gasteiger charge is 2.11. The van der Waals surface area contributed by atoms with E-state index in [-0.39, 0.29) is 0 Å². The van der Waals surface area contributed by atoms with Gasteiger partial charge in [-0.2, -0.15) is 0 Å². The number of aryl methyl sites for hydroxylation is 1. The minimum Gasteiger partial charge on any atom is -0.385 e. The van der Waals surface area contributed by atoms with E-state index in [0.717, 1.165) is 39.2 Å². The lowest BCUT2D eigenvalue weighted by Crippen LogP contribution is -2.26. The summed E-state index contributed by atoms with van der Waals surface area (Å²) in [6.07, 6.45) is 3.24. The first kappa shape index (κ1) is 19.4. The normalized spacial score (nSPS) is 11.2. The summed E-state index contributed by atoms with van der Waals surface area (Å²) < 4.78 is 7.63. The van der Waals surface area contributed by atoms with Gasteiger partial charge in [0, 0.05) is 51.8 Å². The minimum absolute atomic E-state index is 0.801. The van der Waals surface area contributed by atoms with Crippen molar-refractivity contribution in [3.05, 3.63) is 95.3 Å². The van der Waals surface area contributed by atoms with Gasteiger partial charge in [0.05, 0.1) is 0 Å². The predicted molar refractivity (Wildman–Crippen MR) is 112 cm³/mol. The SMILES string of the molecule is COCCCN(Cc1ccccc1)Cc1cccn1Cc1ccccc1C. The summed E-state index contributed by atoms with van der Waals surface area (Å²) in [5.41, 5.74) is 5.43. The third-order valence-corrected chi connectivity index (χ3v) is 4.98. The molecule has 3 nitrogen and oxygen atoms in total. The topological polar surface area (TPSA) is 17.4 Å². The Morgan fingerprint density at radius 2 is 1.67 bits per heavy atom. The van der Waals surface area contributed by atoms with E-state index in [1.54, 1.807) is 7.11 Å². The average molecular weight is 363 g/mol. The van der Waals surface area contributed by atoms with Crippen molar-refractivity contribution in [3.63, 3.8) is 0 Å². The molecule has 0 amide bonds. The molecule has 0 aliphatic heterocycles. The Morgan fingerprint density at radius 1 is 0.889 bits per heavy atom. The largest absolute Gasteiger partial charge is 0.385 e. The van der Waals surface area contributed by atoms with Gasteiger partial charge in [0.25, 0.3) is 0 Å². The standard InChI is InChI=1S/C24H30N2O/c1-21-10-6-7-13-23(21)19-26-16-8-14-24(26)20-25(15-9-17-27-2)18-22-11-4-3-5-12-22/h3-8,10-14,16H,9,15,17-20H2,1-2H3. The zero-order valence-electron chi connectivity index (χ0n) is 16.5. The molecule has 3 aromatic rings. The van der Waals surface area contributed by atoms with Gasteiger partial charge in [-0.1, -0.05) is 54.6 Å². The van der Waals surface area contributed by atoms with Crippen molar-refractivity contribution in [3.8, 4) is 0 Å². The lowest BCUT2D eigenvalue weighted by atomic mass is 10.1. The fraction of sp³-hybridized carbons (Fsp3) is 0.333. The molecule has 0 unspecified atom stereocenters. The highest BCUT2D eigenvalue weighted by Crippen LogP contribution is 2.15. The molecule has 1 aromatic heterocycles. The van der Waals surface area contributed by atoms with Gasteiger partial charge < -0.3 is 9.30 Å². The summed E-state index contributed by atoms with van der Waals surface area (Å²) in [5.74, 6) is 0. The Hall–Kier alpha value is -2.36. The van der Waals surface area contributed by atoms with Gasteiger partial charge in [-0.25, -0.2) is 0 Å². The van der Waals surface area contributed by atoms with E-state index in [1.807, 2.05) is 0 Å². The molecule has 0 saturated carbocycles. The van der Waals surface area contributed by atoms with Crippen molar-refractivity contribution >= 4 is 0 Å². The van der Waals surface area contributed by atoms with Gasteiger partial charge in [-0.05, 0) is 42.2 Å². The summed E-state index contributed by atoms with van der Waals surface area (Å²) in [6, 6.07) is 23.7. The molecule has 3 heteroatoms. The van der Waals surface area contributed by atoms with Crippen LogP contribution in [0, 0.1) is 6.92 Å². The maximum absolute atomic E-state index is 5.26. The van der Waals surface area contributed by atoms with Crippen LogP contribution >= 0.6 is 0 Å². The average Bonchev–Trinajstić information content (AvgIpc) is 3.11. The maximum Gasteiger partial charge on any atom is 0.0476 e. The second-order valence-electron chi connectivity index (χ2n) is 7.10. The van der Waals surface area contributed by atoms with E-state index >= 15 is 0 Å². The fourth-order valence-electron chi connectivity index (χ4n) is 3.44. The maximum atomic E-state index is 5.26. The van der Waals surface area contributed by atoms with Crippen LogP contribution in [-0.2, 0) is 24.4 Å². The van der Waals surface area contributed by atoms with Crippen LogP contribution in [0.25, 0.3) is 0 Å². The van der Waals surface area contributed by atoms with Gasteiger partial charge in [-0.3, -0.25) is 4.90 Å². The summed E-state index contributed by atoms with van der Waals surface area (Å²) in [5, 5.41) is 0. The molecule has 0 aliphatic carbocycles. The second kappa shape index (κ2) is 10.1. The smallest absolute Gasteiger partial charge is 0.0476 e. The molecular formula is C24H30N2O. The van der Waals surface area contributed by atoms with Crippen molar-refractivity contribution in [2.75, 3.05) is 20.3 Å². The third-order valence-electron chi connectivity index (χ3n) is 4.98. The Labute approximate surface area is 163 Å². The van der Waals surface area contributed by atoms with Gasteiger partial charge in [-0.15, -0.1) is 0 Å². The summed E-state index contributed by atoms with van der Waals surface area (Å²) in [6.45, 7) is 6.84. The first-order chi connectivity index (χ1) is 13.3. The molecule has 0 aliphatic rings. The molecule has 0 fully saturated rings. The van der Waals surface area contributed by atoms with Crippen molar-refractivity contribution in [2.24, 2.45) is 0 Å². The molecule has 2 aromatic carbocycles. The lowest BCUT2D eigenvalue weighted by molar-refractivity contribution is 0.165. The van der Waals surface area contributed by atoms with E-state index in [1.165, 1.54) is 22.4 Å². The molecule has 0 radical (unpaired) electrons. The highest BCUT2D eigenvalue weighted by atomic mass is 16.5. The Bertz CT molecular complexity index is 810. The quantitative estimate of drug-likeness (QED) is 0.478. The molecule has 142 valence electrons. The van der Waals surface area contributed by atoms with E-state index < -0.39 is 0 Å². The van der Waals surface area contributed by atoms with Crippen LogP contribution in [0.3, 0.4) is 0 Å². The first-order valence-corrected chi connectivity index (χ1v) is 9.70. The van der Waals surface area contributed by atoms with Crippen molar-refractivity contribution in [2.45, 2.75) is 33.0 Å². The van der Waals surface area contributed by atoms with Gasteiger partial charge >= 0.3 is 0 Å². The van der Waals surface area contributed by atoms with E-state index in [9.17, 15) is 0 Å². The summed E-state index contributed by atoms with van der Waals surface area (Å²) >= 11 is 0. The molecule has 1 heterocycles. The van der Waals surface area contributed by atoms with Crippen LogP contribution in [0.1, 0.15) is 28.8 Å². The van der Waals surface area contributed by atoms with Crippen LogP contribution in [0.2, 0.25) is 0 Å². The molecule has 0 atom stereocenters. The van der Waals surface area contributed by atoms with E-state index in [0.29, 0.717) is 0 Å². The number of aromatic nitrogens is 1. The Balaban J connectivity index is 1.71. The zero-order valence-corrected chi connectivity index (χ0v) is 16.5. The Kier molecular flexibility index (Phi) is 7.26. The predicted octanol–water partition coefficient (Wildman–Crippen LogP) is 4.88. The van der Waals surface area contributed by atoms with E-state index in [4.69, 9.17) is 4.74 Å². The number of methoxy groups -OCH3 is 1. The highest BCUT2D eigenvalue weighted by molar-refractivity contribution is 5.26. The lowest BCUT2D eigenvalue weighted by Gasteiger charge is -2.23. The van der Waals surface area contributed by atoms with Crippen LogP contribution in [0.5, 0.6) is 0 Å². The minimum atomic E-state index is 0.801. The molecule has 0 N–H and O–H groups in total. The van der Waals surface area contributed by atoms with E-state index in [2.05, 4.69) is 89.3 Å². The fourth-order valence-corrected chi connectivity index (χ4v) is 3.44. The molecule has 0 spiro atoms. The van der Waals surface area contributed by atoms with Crippen molar-refractivity contribution in [1.29, 1.82) is 0 Å². The first-order valence-electron chi connectivity index (χ1n) is 9.70. The van der Waals surface area contributed by atoms with Crippen LogP contribution in [0.15, 0.2) is 72.9 Å². The molecule has 0 saturated heterocycles. The number of hydrogen-bond donors (Lipinski definition) is 0. The van der Waals surface area contributed by atoms with Crippen LogP contribution in [-0.4, -0.2) is 29.7 Å². The van der Waals surface area contributed by atoms with Gasteiger partial charge in [0.15, 0.2) is 0 Å². The van der Waals surface area contributed by atoms with Crippen molar-refractivity contribution in [1.82, 2.24) is 9.47 Å². The zero-order chi connectivity index (χ0) is 18.9. The van der Waals surface area contributed by atoms with Gasteiger partial charge in [0.2, 0.25) is 0 Å². The number of nitrogens with zero attached hydrogens (tertiary/aromatic N) is 2. The Morgan fingerprint density at radius 3 is 2.44 bits per heavy atom. The number of hydrogen-bond acceptors (Lipinski definition) is 2. The molecular weight excluding hydrogens is 332 g/mol. The van der Waals surface area contributed by atoms with Crippen molar-refractivity contribution < 1.29 is 4.74 Å². The van der Waals surface area contributed by atoms with Crippen LogP contribution in [0.4, 0.5) is 0 Å². The number of benzene rings is 2. The monoisotopic (exact) mass is 362 g/mol. The molecule has 27 heavy (non-hydrogen) atoms. The number of rotatable bonds is 10. The summed E-state index contributed by atoms with van der Waals surface area (Å²) in [7, 11) is 1.77. The second-order valence-corrected chi connectivity index (χ2v) is 7.10. The van der Waals surface area contributed by atoms with Crippen LogP contribution < -0.4 is 0 Å². The third kappa shape index (κ3) is 5.81.